The number of methoxy groups -OCH3 is 1. The molecule has 0 aromatic rings. The van der Waals surface area contributed by atoms with Crippen LogP contribution in [-0.4, -0.2) is 44.8 Å². The number of hydrogen-bond donors (Lipinski definition) is 1. The van der Waals surface area contributed by atoms with Gasteiger partial charge in [-0.2, -0.15) is 0 Å². The van der Waals surface area contributed by atoms with Crippen molar-refractivity contribution in [1.29, 1.82) is 0 Å². The van der Waals surface area contributed by atoms with Gasteiger partial charge in [-0.05, 0) is 32.4 Å². The second-order valence-electron chi connectivity index (χ2n) is 3.48. The highest BCUT2D eigenvalue weighted by Crippen LogP contribution is 2.15. The van der Waals surface area contributed by atoms with Gasteiger partial charge in [0.1, 0.15) is 0 Å². The normalized spacial score (nSPS) is 22.9. The average Bonchev–Trinajstić information content (AvgIpc) is 2.18. The van der Waals surface area contributed by atoms with Crippen LogP contribution in [0.5, 0.6) is 0 Å². The van der Waals surface area contributed by atoms with Gasteiger partial charge in [0, 0.05) is 13.1 Å². The van der Waals surface area contributed by atoms with Crippen molar-refractivity contribution in [3.05, 3.63) is 0 Å². The van der Waals surface area contributed by atoms with Gasteiger partial charge in [0.05, 0.1) is 7.11 Å². The highest BCUT2D eigenvalue weighted by atomic mass is 16.5. The number of nitrogens with one attached hydrogen (secondary N) is 1. The van der Waals surface area contributed by atoms with Crippen molar-refractivity contribution in [2.45, 2.75) is 12.8 Å². The van der Waals surface area contributed by atoms with Crippen LogP contribution in [0.25, 0.3) is 0 Å². The van der Waals surface area contributed by atoms with Crippen molar-refractivity contribution in [1.82, 2.24) is 10.2 Å². The minimum atomic E-state index is -0.194. The van der Waals surface area contributed by atoms with Crippen molar-refractivity contribution in [3.8, 4) is 0 Å². The molecular weight excluding hydrogens is 168 g/mol. The molecule has 0 aromatic carbocycles. The molecule has 0 aromatic heterocycles. The van der Waals surface area contributed by atoms with E-state index >= 15 is 0 Å². The molecule has 1 amide bonds. The fraction of sp³-hybridized carbons (Fsp3) is 0.889. The number of nitrogens with zero attached hydrogens (tertiary/aromatic N) is 1. The molecule has 0 aliphatic carbocycles. The quantitative estimate of drug-likeness (QED) is 0.689. The molecule has 1 saturated heterocycles. The van der Waals surface area contributed by atoms with Crippen molar-refractivity contribution in [2.24, 2.45) is 5.92 Å². The zero-order valence-electron chi connectivity index (χ0n) is 8.38. The minimum Gasteiger partial charge on any atom is -0.453 e. The molecule has 1 atom stereocenters. The van der Waals surface area contributed by atoms with Crippen molar-refractivity contribution in [3.63, 3.8) is 0 Å². The lowest BCUT2D eigenvalue weighted by Gasteiger charge is -2.31. The van der Waals surface area contributed by atoms with Gasteiger partial charge in [0.25, 0.3) is 0 Å². The van der Waals surface area contributed by atoms with Gasteiger partial charge < -0.3 is 15.0 Å². The van der Waals surface area contributed by atoms with E-state index in [0.717, 1.165) is 26.1 Å². The molecule has 1 N–H and O–H groups in total. The van der Waals surface area contributed by atoms with Gasteiger partial charge in [-0.15, -0.1) is 0 Å². The fourth-order valence-electron chi connectivity index (χ4n) is 1.82. The summed E-state index contributed by atoms with van der Waals surface area (Å²) in [5.74, 6) is 0.581. The zero-order chi connectivity index (χ0) is 9.68. The van der Waals surface area contributed by atoms with Crippen LogP contribution in [0.2, 0.25) is 0 Å². The second kappa shape index (κ2) is 5.07. The van der Waals surface area contributed by atoms with E-state index < -0.39 is 0 Å². The van der Waals surface area contributed by atoms with E-state index in [9.17, 15) is 4.79 Å². The minimum absolute atomic E-state index is 0.194. The Morgan fingerprint density at radius 1 is 1.69 bits per heavy atom. The third kappa shape index (κ3) is 2.88. The van der Waals surface area contributed by atoms with Gasteiger partial charge in [-0.3, -0.25) is 0 Å². The van der Waals surface area contributed by atoms with E-state index in [1.54, 1.807) is 4.90 Å². The lowest BCUT2D eigenvalue weighted by atomic mass is 9.98. The molecular formula is C9H18N2O2. The van der Waals surface area contributed by atoms with E-state index in [1.165, 1.54) is 13.5 Å². The first-order valence-electron chi connectivity index (χ1n) is 4.75. The molecule has 4 heteroatoms. The van der Waals surface area contributed by atoms with Crippen LogP contribution in [0, 0.1) is 5.92 Å². The van der Waals surface area contributed by atoms with Gasteiger partial charge in [-0.25, -0.2) is 4.79 Å². The first-order valence-corrected chi connectivity index (χ1v) is 4.75. The fourth-order valence-corrected chi connectivity index (χ4v) is 1.82. The molecule has 1 rings (SSSR count). The van der Waals surface area contributed by atoms with Crippen molar-refractivity contribution < 1.29 is 9.53 Å². The maximum absolute atomic E-state index is 11.2. The Bertz CT molecular complexity index is 171. The Labute approximate surface area is 79.2 Å². The summed E-state index contributed by atoms with van der Waals surface area (Å²) >= 11 is 0. The molecule has 1 aliphatic heterocycles. The number of likely N-dealkylation sites (tertiary alicyclic amines) is 1. The van der Waals surface area contributed by atoms with Crippen LogP contribution in [-0.2, 0) is 4.74 Å². The van der Waals surface area contributed by atoms with E-state index in [1.807, 2.05) is 7.05 Å². The summed E-state index contributed by atoms with van der Waals surface area (Å²) in [7, 11) is 3.38. The van der Waals surface area contributed by atoms with Gasteiger partial charge in [0.2, 0.25) is 0 Å². The molecule has 1 aliphatic rings. The largest absolute Gasteiger partial charge is 0.453 e. The molecule has 13 heavy (non-hydrogen) atoms. The zero-order valence-corrected chi connectivity index (χ0v) is 8.38. The highest BCUT2D eigenvalue weighted by molar-refractivity contribution is 5.67. The van der Waals surface area contributed by atoms with E-state index in [4.69, 9.17) is 0 Å². The maximum Gasteiger partial charge on any atom is 0.409 e. The predicted molar refractivity (Wildman–Crippen MR) is 50.6 cm³/mol. The predicted octanol–water partition coefficient (Wildman–Crippen LogP) is 0.684. The average molecular weight is 186 g/mol. The summed E-state index contributed by atoms with van der Waals surface area (Å²) in [5.41, 5.74) is 0. The monoisotopic (exact) mass is 186 g/mol. The van der Waals surface area contributed by atoms with Gasteiger partial charge in [-0.1, -0.05) is 0 Å². The Kier molecular flexibility index (Phi) is 4.02. The topological polar surface area (TPSA) is 41.6 Å². The first kappa shape index (κ1) is 10.3. The number of carbonyl (C=O) groups excluding carboxylic acids is 1. The number of ether oxygens (including phenoxy) is 1. The maximum atomic E-state index is 11.2. The van der Waals surface area contributed by atoms with Crippen LogP contribution < -0.4 is 5.32 Å². The Hall–Kier alpha value is -0.770. The van der Waals surface area contributed by atoms with Gasteiger partial charge >= 0.3 is 6.09 Å². The van der Waals surface area contributed by atoms with E-state index in [2.05, 4.69) is 10.1 Å². The molecule has 76 valence electrons. The standard InChI is InChI=1S/C9H18N2O2/c1-10-6-8-4-3-5-11(7-8)9(12)13-2/h8,10H,3-7H2,1-2H3. The highest BCUT2D eigenvalue weighted by Gasteiger charge is 2.23. The van der Waals surface area contributed by atoms with Crippen LogP contribution in [0.1, 0.15) is 12.8 Å². The summed E-state index contributed by atoms with van der Waals surface area (Å²) in [6.07, 6.45) is 2.09. The van der Waals surface area contributed by atoms with Crippen LogP contribution in [0.4, 0.5) is 4.79 Å². The van der Waals surface area contributed by atoms with Crippen LogP contribution >= 0.6 is 0 Å². The summed E-state index contributed by atoms with van der Waals surface area (Å²) in [6, 6.07) is 0. The summed E-state index contributed by atoms with van der Waals surface area (Å²) in [5, 5.41) is 3.14. The Morgan fingerprint density at radius 2 is 2.46 bits per heavy atom. The number of rotatable bonds is 2. The molecule has 1 unspecified atom stereocenters. The molecule has 0 spiro atoms. The van der Waals surface area contributed by atoms with E-state index in [0.29, 0.717) is 5.92 Å². The lowest BCUT2D eigenvalue weighted by molar-refractivity contribution is 0.102. The molecule has 1 heterocycles. The Morgan fingerprint density at radius 3 is 3.08 bits per heavy atom. The smallest absolute Gasteiger partial charge is 0.409 e. The van der Waals surface area contributed by atoms with Gasteiger partial charge in [0.15, 0.2) is 0 Å². The number of carbonyl (C=O) groups is 1. The number of amides is 1. The molecule has 1 fully saturated rings. The molecule has 4 nitrogen and oxygen atoms in total. The summed E-state index contributed by atoms with van der Waals surface area (Å²) in [6.45, 7) is 2.65. The third-order valence-corrected chi connectivity index (χ3v) is 2.44. The van der Waals surface area contributed by atoms with Crippen molar-refractivity contribution in [2.75, 3.05) is 33.8 Å². The van der Waals surface area contributed by atoms with Crippen molar-refractivity contribution >= 4 is 6.09 Å². The second-order valence-corrected chi connectivity index (χ2v) is 3.48. The number of hydrogen-bond acceptors (Lipinski definition) is 3. The first-order chi connectivity index (χ1) is 6.27. The third-order valence-electron chi connectivity index (χ3n) is 2.44. The molecule has 0 saturated carbocycles. The lowest BCUT2D eigenvalue weighted by Crippen LogP contribution is -2.42. The van der Waals surface area contributed by atoms with Crippen LogP contribution in [0.3, 0.4) is 0 Å². The molecule has 0 bridgehead atoms. The van der Waals surface area contributed by atoms with E-state index in [-0.39, 0.29) is 6.09 Å². The molecule has 0 radical (unpaired) electrons. The van der Waals surface area contributed by atoms with Crippen LogP contribution in [0.15, 0.2) is 0 Å². The SMILES string of the molecule is CNCC1CCCN(C(=O)OC)C1. The number of piperidine rings is 1. The summed E-state index contributed by atoms with van der Waals surface area (Å²) < 4.78 is 4.68. The summed E-state index contributed by atoms with van der Waals surface area (Å²) in [4.78, 5) is 13.0. The Balaban J connectivity index is 2.37.